The van der Waals surface area contributed by atoms with Gasteiger partial charge in [0, 0.05) is 5.41 Å². The van der Waals surface area contributed by atoms with Crippen LogP contribution in [0.4, 0.5) is 5.69 Å². The van der Waals surface area contributed by atoms with Crippen molar-refractivity contribution in [2.45, 2.75) is 30.7 Å². The van der Waals surface area contributed by atoms with E-state index in [0.717, 1.165) is 0 Å². The number of carbonyl (C=O) groups is 1. The maximum Gasteiger partial charge on any atom is 0.228 e. The minimum atomic E-state index is -1.83. The first-order chi connectivity index (χ1) is 10.4. The van der Waals surface area contributed by atoms with E-state index in [4.69, 9.17) is 47.0 Å². The van der Waals surface area contributed by atoms with Crippen LogP contribution in [-0.4, -0.2) is 26.1 Å². The van der Waals surface area contributed by atoms with Gasteiger partial charge in [0.05, 0.1) is 5.69 Å². The molecule has 1 rings (SSSR count). The number of rotatable bonds is 3. The number of hydrogen-bond acceptors (Lipinski definition) is 3. The van der Waals surface area contributed by atoms with Crippen molar-refractivity contribution in [1.82, 2.24) is 10.6 Å². The molecule has 1 aromatic carbocycles. The lowest BCUT2D eigenvalue weighted by molar-refractivity contribution is -0.129. The first kappa shape index (κ1) is 20.1. The zero-order chi connectivity index (χ0) is 17.8. The molecule has 0 saturated heterocycles. The predicted octanol–water partition coefficient (Wildman–Crippen LogP) is 3.54. The lowest BCUT2D eigenvalue weighted by atomic mass is 9.95. The Hall–Kier alpha value is -0.950. The van der Waals surface area contributed by atoms with Gasteiger partial charge in [0.25, 0.3) is 0 Å². The van der Waals surface area contributed by atoms with Gasteiger partial charge in [-0.25, -0.2) is 0 Å². The van der Waals surface area contributed by atoms with Gasteiger partial charge < -0.3 is 21.1 Å². The molecular weight excluding hydrogens is 381 g/mol. The molecule has 0 aliphatic heterocycles. The van der Waals surface area contributed by atoms with E-state index in [1.165, 1.54) is 6.07 Å². The van der Waals surface area contributed by atoms with E-state index < -0.39 is 15.4 Å². The van der Waals surface area contributed by atoms with Crippen LogP contribution < -0.4 is 16.0 Å². The molecule has 1 aromatic rings. The van der Waals surface area contributed by atoms with Crippen LogP contribution in [0.1, 0.15) is 20.8 Å². The molecule has 0 aromatic heterocycles. The molecule has 0 heterocycles. The number of thiocarbonyl (C=S) groups is 1. The molecule has 0 aliphatic carbocycles. The quantitative estimate of drug-likeness (QED) is 0.271. The smallest absolute Gasteiger partial charge is 0.228 e. The van der Waals surface area contributed by atoms with Crippen LogP contribution in [0.5, 0.6) is 5.75 Å². The van der Waals surface area contributed by atoms with Gasteiger partial charge in [0.15, 0.2) is 5.11 Å². The molecule has 0 unspecified atom stereocenters. The SMILES string of the molecule is CC(C)(C)C(=O)N[C@@H](NC(=S)Nc1ccccc1O)C(Cl)(Cl)Cl. The Morgan fingerprint density at radius 1 is 1.17 bits per heavy atom. The highest BCUT2D eigenvalue weighted by molar-refractivity contribution is 7.80. The highest BCUT2D eigenvalue weighted by Crippen LogP contribution is 2.30. The van der Waals surface area contributed by atoms with E-state index in [0.29, 0.717) is 5.69 Å². The standard InChI is InChI=1S/C14H18Cl3N3O2S/c1-13(2,3)11(22)19-10(14(15,16)17)20-12(23)18-8-6-4-5-7-9(8)21/h4-7,10,21H,1-3H3,(H,19,22)(H2,18,20,23)/t10-/m0/s1. The van der Waals surface area contributed by atoms with E-state index in [1.807, 2.05) is 0 Å². The molecule has 0 bridgehead atoms. The topological polar surface area (TPSA) is 73.4 Å². The fourth-order valence-corrected chi connectivity index (χ4v) is 1.97. The summed E-state index contributed by atoms with van der Waals surface area (Å²) in [6, 6.07) is 6.52. The van der Waals surface area contributed by atoms with Gasteiger partial charge in [-0.2, -0.15) is 0 Å². The molecule has 0 fully saturated rings. The molecular formula is C14H18Cl3N3O2S. The van der Waals surface area contributed by atoms with Crippen molar-refractivity contribution in [3.63, 3.8) is 0 Å². The second kappa shape index (κ2) is 7.75. The fraction of sp³-hybridized carbons (Fsp3) is 0.429. The Balaban J connectivity index is 2.80. The zero-order valence-electron chi connectivity index (χ0n) is 12.8. The summed E-state index contributed by atoms with van der Waals surface area (Å²) in [4.78, 5) is 12.1. The number of amides is 1. The third kappa shape index (κ3) is 6.59. The minimum absolute atomic E-state index is 0.0146. The number of benzene rings is 1. The number of carbonyl (C=O) groups excluding carboxylic acids is 1. The Labute approximate surface area is 155 Å². The monoisotopic (exact) mass is 397 g/mol. The summed E-state index contributed by atoms with van der Waals surface area (Å²) in [6.45, 7) is 5.20. The Morgan fingerprint density at radius 2 is 1.74 bits per heavy atom. The number of phenols is 1. The zero-order valence-corrected chi connectivity index (χ0v) is 15.9. The number of para-hydroxylation sites is 2. The van der Waals surface area contributed by atoms with Crippen LogP contribution in [0.25, 0.3) is 0 Å². The first-order valence-corrected chi connectivity index (χ1v) is 8.18. The van der Waals surface area contributed by atoms with Gasteiger partial charge >= 0.3 is 0 Å². The molecule has 1 atom stereocenters. The first-order valence-electron chi connectivity index (χ1n) is 6.64. The molecule has 1 amide bonds. The third-order valence-corrected chi connectivity index (χ3v) is 3.59. The number of hydrogen-bond donors (Lipinski definition) is 4. The summed E-state index contributed by atoms with van der Waals surface area (Å²) in [5.41, 5.74) is -0.280. The molecule has 9 heteroatoms. The van der Waals surface area contributed by atoms with E-state index in [2.05, 4.69) is 16.0 Å². The fourth-order valence-electron chi connectivity index (χ4n) is 1.42. The van der Waals surface area contributed by atoms with E-state index in [-0.39, 0.29) is 16.8 Å². The van der Waals surface area contributed by atoms with Crippen LogP contribution in [-0.2, 0) is 4.79 Å². The molecule has 23 heavy (non-hydrogen) atoms. The summed E-state index contributed by atoms with van der Waals surface area (Å²) in [5, 5.41) is 17.9. The van der Waals surface area contributed by atoms with Gasteiger partial charge in [-0.05, 0) is 24.4 Å². The summed E-state index contributed by atoms with van der Waals surface area (Å²) in [7, 11) is 0. The van der Waals surface area contributed by atoms with Crippen LogP contribution in [0.2, 0.25) is 0 Å². The van der Waals surface area contributed by atoms with E-state index in [9.17, 15) is 9.90 Å². The lowest BCUT2D eigenvalue weighted by Crippen LogP contribution is -2.58. The van der Waals surface area contributed by atoms with E-state index in [1.54, 1.807) is 39.0 Å². The second-order valence-corrected chi connectivity index (χ2v) is 8.59. The van der Waals surface area contributed by atoms with Crippen molar-refractivity contribution < 1.29 is 9.90 Å². The maximum atomic E-state index is 12.1. The Morgan fingerprint density at radius 3 is 2.22 bits per heavy atom. The maximum absolute atomic E-state index is 12.1. The molecule has 0 radical (unpaired) electrons. The van der Waals surface area contributed by atoms with Crippen molar-refractivity contribution >= 4 is 63.7 Å². The summed E-state index contributed by atoms with van der Waals surface area (Å²) >= 11 is 22.8. The van der Waals surface area contributed by atoms with Crippen LogP contribution in [0.3, 0.4) is 0 Å². The summed E-state index contributed by atoms with van der Waals surface area (Å²) in [5.74, 6) is -0.299. The predicted molar refractivity (Wildman–Crippen MR) is 99.1 cm³/mol. The van der Waals surface area contributed by atoms with Gasteiger partial charge in [-0.3, -0.25) is 4.79 Å². The van der Waals surface area contributed by atoms with Gasteiger partial charge in [0.1, 0.15) is 11.9 Å². The highest BCUT2D eigenvalue weighted by Gasteiger charge is 2.36. The van der Waals surface area contributed by atoms with Crippen molar-refractivity contribution in [3.8, 4) is 5.75 Å². The lowest BCUT2D eigenvalue weighted by Gasteiger charge is -2.30. The van der Waals surface area contributed by atoms with Crippen molar-refractivity contribution in [3.05, 3.63) is 24.3 Å². The average Bonchev–Trinajstić information content (AvgIpc) is 2.38. The molecule has 0 aliphatic rings. The van der Waals surface area contributed by atoms with Crippen molar-refractivity contribution in [2.75, 3.05) is 5.32 Å². The van der Waals surface area contributed by atoms with Crippen LogP contribution in [0, 0.1) is 5.41 Å². The Bertz CT molecular complexity index is 585. The minimum Gasteiger partial charge on any atom is -0.506 e. The van der Waals surface area contributed by atoms with Crippen LogP contribution in [0.15, 0.2) is 24.3 Å². The van der Waals surface area contributed by atoms with Gasteiger partial charge in [0.2, 0.25) is 9.70 Å². The molecule has 128 valence electrons. The van der Waals surface area contributed by atoms with Gasteiger partial charge in [-0.1, -0.05) is 67.7 Å². The van der Waals surface area contributed by atoms with Crippen molar-refractivity contribution in [1.29, 1.82) is 0 Å². The number of aromatic hydroxyl groups is 1. The van der Waals surface area contributed by atoms with E-state index >= 15 is 0 Å². The molecule has 5 nitrogen and oxygen atoms in total. The summed E-state index contributed by atoms with van der Waals surface area (Å²) < 4.78 is -1.83. The Kier molecular flexibility index (Phi) is 6.77. The number of phenolic OH excluding ortho intramolecular Hbond substituents is 1. The van der Waals surface area contributed by atoms with Gasteiger partial charge in [-0.15, -0.1) is 0 Å². The van der Waals surface area contributed by atoms with Crippen molar-refractivity contribution in [2.24, 2.45) is 5.41 Å². The third-order valence-electron chi connectivity index (χ3n) is 2.71. The number of halogens is 3. The number of anilines is 1. The molecule has 4 N–H and O–H groups in total. The number of alkyl halides is 3. The number of nitrogens with one attached hydrogen (secondary N) is 3. The van der Waals surface area contributed by atoms with Crippen LogP contribution >= 0.6 is 47.0 Å². The molecule has 0 saturated carbocycles. The second-order valence-electron chi connectivity index (χ2n) is 5.81. The highest BCUT2D eigenvalue weighted by atomic mass is 35.6. The normalized spacial score (nSPS) is 13.1. The molecule has 0 spiro atoms. The average molecular weight is 399 g/mol. The largest absolute Gasteiger partial charge is 0.506 e. The summed E-state index contributed by atoms with van der Waals surface area (Å²) in [6.07, 6.45) is -1.05.